The van der Waals surface area contributed by atoms with Crippen molar-refractivity contribution >= 4 is 48.5 Å². The van der Waals surface area contributed by atoms with Crippen molar-refractivity contribution in [1.29, 1.82) is 0 Å². The first-order valence-electron chi connectivity index (χ1n) is 5.34. The number of furan rings is 1. The van der Waals surface area contributed by atoms with E-state index < -0.39 is 0 Å². The van der Waals surface area contributed by atoms with Gasteiger partial charge in [-0.2, -0.15) is 5.10 Å². The third kappa shape index (κ3) is 2.18. The van der Waals surface area contributed by atoms with Gasteiger partial charge in [0, 0.05) is 5.39 Å². The molecule has 0 bridgehead atoms. The molecule has 92 valence electrons. The number of nitrogens with one attached hydrogen (secondary N) is 2. The van der Waals surface area contributed by atoms with E-state index in [0.29, 0.717) is 11.2 Å². The van der Waals surface area contributed by atoms with Crippen molar-refractivity contribution in [3.8, 4) is 0 Å². The van der Waals surface area contributed by atoms with E-state index >= 15 is 0 Å². The van der Waals surface area contributed by atoms with Crippen molar-refractivity contribution < 1.29 is 4.42 Å². The number of hydrogen-bond acceptors (Lipinski definition) is 3. The van der Waals surface area contributed by atoms with Crippen LogP contribution in [-0.2, 0) is 6.54 Å². The number of anilines is 1. The first-order valence-corrected chi connectivity index (χ1v) is 6.92. The van der Waals surface area contributed by atoms with Gasteiger partial charge in [0.15, 0.2) is 4.67 Å². The number of nitrogens with zero attached hydrogens (tertiary/aromatic N) is 1. The molecule has 4 nitrogen and oxygen atoms in total. The quantitative estimate of drug-likeness (QED) is 0.722. The fourth-order valence-corrected chi connectivity index (χ4v) is 2.44. The lowest BCUT2D eigenvalue weighted by Crippen LogP contribution is -1.98. The van der Waals surface area contributed by atoms with Crippen LogP contribution >= 0.6 is 31.9 Å². The van der Waals surface area contributed by atoms with Gasteiger partial charge in [0.25, 0.3) is 0 Å². The number of hydrogen-bond donors (Lipinski definition) is 2. The molecule has 6 heteroatoms. The molecule has 2 heterocycles. The van der Waals surface area contributed by atoms with E-state index in [1.807, 2.05) is 24.3 Å². The number of aromatic nitrogens is 2. The van der Waals surface area contributed by atoms with Crippen LogP contribution in [0.5, 0.6) is 0 Å². The lowest BCUT2D eigenvalue weighted by Gasteiger charge is -2.05. The summed E-state index contributed by atoms with van der Waals surface area (Å²) in [5, 5.41) is 11.4. The summed E-state index contributed by atoms with van der Waals surface area (Å²) in [7, 11) is 0. The zero-order chi connectivity index (χ0) is 12.5. The average molecular weight is 371 g/mol. The van der Waals surface area contributed by atoms with E-state index in [-0.39, 0.29) is 0 Å². The second-order valence-corrected chi connectivity index (χ2v) is 5.40. The Labute approximate surface area is 120 Å². The normalized spacial score (nSPS) is 11.0. The molecule has 0 spiro atoms. The fourth-order valence-electron chi connectivity index (χ4n) is 1.78. The van der Waals surface area contributed by atoms with E-state index in [1.54, 1.807) is 6.20 Å². The summed E-state index contributed by atoms with van der Waals surface area (Å²) < 4.78 is 7.13. The van der Waals surface area contributed by atoms with Crippen LogP contribution in [0.1, 0.15) is 5.76 Å². The maximum Gasteiger partial charge on any atom is 0.183 e. The number of aromatic amines is 1. The molecule has 0 aliphatic heterocycles. The molecule has 0 fully saturated rings. The maximum absolute atomic E-state index is 5.51. The predicted octanol–water partition coefficient (Wildman–Crippen LogP) is 4.29. The molecule has 2 aromatic heterocycles. The van der Waals surface area contributed by atoms with Gasteiger partial charge < -0.3 is 9.73 Å². The van der Waals surface area contributed by atoms with Crippen LogP contribution in [0.4, 0.5) is 5.69 Å². The highest BCUT2D eigenvalue weighted by molar-refractivity contribution is 9.13. The molecule has 0 saturated heterocycles. The number of rotatable bonds is 3. The van der Waals surface area contributed by atoms with E-state index in [9.17, 15) is 0 Å². The lowest BCUT2D eigenvalue weighted by atomic mass is 10.2. The Hall–Kier alpha value is -1.27. The van der Waals surface area contributed by atoms with Crippen molar-refractivity contribution in [1.82, 2.24) is 10.2 Å². The summed E-state index contributed by atoms with van der Waals surface area (Å²) >= 11 is 6.71. The van der Waals surface area contributed by atoms with Crippen molar-refractivity contribution in [2.24, 2.45) is 0 Å². The third-order valence-electron chi connectivity index (χ3n) is 2.63. The molecule has 0 radical (unpaired) electrons. The molecule has 0 amide bonds. The molecule has 0 saturated carbocycles. The Morgan fingerprint density at radius 2 is 2.22 bits per heavy atom. The minimum absolute atomic E-state index is 0.613. The number of benzene rings is 1. The molecule has 18 heavy (non-hydrogen) atoms. The summed E-state index contributed by atoms with van der Waals surface area (Å²) in [5.41, 5.74) is 2.01. The number of halogens is 2. The molecule has 3 aromatic rings. The van der Waals surface area contributed by atoms with Gasteiger partial charge in [-0.05, 0) is 44.0 Å². The van der Waals surface area contributed by atoms with E-state index in [4.69, 9.17) is 4.42 Å². The molecular formula is C12H9Br2N3O. The molecule has 0 aliphatic carbocycles. The molecule has 0 atom stereocenters. The van der Waals surface area contributed by atoms with Crippen LogP contribution in [0, 0.1) is 0 Å². The van der Waals surface area contributed by atoms with E-state index in [1.165, 1.54) is 0 Å². The Balaban J connectivity index is 1.82. The minimum Gasteiger partial charge on any atom is -0.451 e. The van der Waals surface area contributed by atoms with E-state index in [2.05, 4.69) is 47.4 Å². The Bertz CT molecular complexity index is 670. The van der Waals surface area contributed by atoms with Gasteiger partial charge in [-0.25, -0.2) is 0 Å². The van der Waals surface area contributed by atoms with Gasteiger partial charge >= 0.3 is 0 Å². The van der Waals surface area contributed by atoms with Crippen LogP contribution in [-0.4, -0.2) is 10.2 Å². The van der Waals surface area contributed by atoms with Crippen molar-refractivity contribution in [2.75, 3.05) is 5.32 Å². The SMILES string of the molecule is Brc1cc(CNc2cccc3cn[nH]c23)oc1Br. The third-order valence-corrected chi connectivity index (χ3v) is 4.34. The minimum atomic E-state index is 0.613. The van der Waals surface area contributed by atoms with Crippen LogP contribution < -0.4 is 5.32 Å². The number of H-pyrrole nitrogens is 1. The average Bonchev–Trinajstić information content (AvgIpc) is 2.94. The lowest BCUT2D eigenvalue weighted by molar-refractivity contribution is 0.494. The summed E-state index contributed by atoms with van der Waals surface area (Å²) in [6.45, 7) is 0.613. The van der Waals surface area contributed by atoms with Crippen molar-refractivity contribution in [3.05, 3.63) is 45.4 Å². The van der Waals surface area contributed by atoms with Gasteiger partial charge in [0.2, 0.25) is 0 Å². The summed E-state index contributed by atoms with van der Waals surface area (Å²) in [6.07, 6.45) is 1.81. The summed E-state index contributed by atoms with van der Waals surface area (Å²) in [5.74, 6) is 0.852. The molecular weight excluding hydrogens is 362 g/mol. The predicted molar refractivity (Wildman–Crippen MR) is 77.5 cm³/mol. The Morgan fingerprint density at radius 1 is 1.33 bits per heavy atom. The maximum atomic E-state index is 5.51. The monoisotopic (exact) mass is 369 g/mol. The zero-order valence-electron chi connectivity index (χ0n) is 9.21. The topological polar surface area (TPSA) is 53.9 Å². The second-order valence-electron chi connectivity index (χ2n) is 3.83. The second kappa shape index (κ2) is 4.78. The Morgan fingerprint density at radius 3 is 3.00 bits per heavy atom. The van der Waals surface area contributed by atoms with Gasteiger partial charge in [0.1, 0.15) is 5.76 Å². The largest absolute Gasteiger partial charge is 0.451 e. The molecule has 2 N–H and O–H groups in total. The first-order chi connectivity index (χ1) is 8.74. The van der Waals surface area contributed by atoms with Crippen LogP contribution in [0.15, 0.2) is 44.0 Å². The van der Waals surface area contributed by atoms with Gasteiger partial charge in [-0.3, -0.25) is 5.10 Å². The smallest absolute Gasteiger partial charge is 0.183 e. The fraction of sp³-hybridized carbons (Fsp3) is 0.0833. The van der Waals surface area contributed by atoms with Crippen molar-refractivity contribution in [2.45, 2.75) is 6.54 Å². The van der Waals surface area contributed by atoms with Crippen LogP contribution in [0.25, 0.3) is 10.9 Å². The van der Waals surface area contributed by atoms with Crippen LogP contribution in [0.3, 0.4) is 0 Å². The highest BCUT2D eigenvalue weighted by Gasteiger charge is 2.07. The Kier molecular flexibility index (Phi) is 3.13. The summed E-state index contributed by atoms with van der Waals surface area (Å²) in [4.78, 5) is 0. The molecule has 3 rings (SSSR count). The number of para-hydroxylation sites is 1. The van der Waals surface area contributed by atoms with E-state index in [0.717, 1.165) is 26.8 Å². The van der Waals surface area contributed by atoms with Gasteiger partial charge in [-0.1, -0.05) is 12.1 Å². The first kappa shape index (κ1) is 11.8. The van der Waals surface area contributed by atoms with Gasteiger partial charge in [0.05, 0.1) is 28.4 Å². The highest BCUT2D eigenvalue weighted by Crippen LogP contribution is 2.27. The molecule has 0 unspecified atom stereocenters. The standard InChI is InChI=1S/C12H9Br2N3O/c13-9-4-8(18-12(9)14)6-15-10-3-1-2-7-5-16-17-11(7)10/h1-5,15H,6H2,(H,16,17). The molecule has 1 aromatic carbocycles. The van der Waals surface area contributed by atoms with Crippen molar-refractivity contribution in [3.63, 3.8) is 0 Å². The number of fused-ring (bicyclic) bond motifs is 1. The van der Waals surface area contributed by atoms with Gasteiger partial charge in [-0.15, -0.1) is 0 Å². The summed E-state index contributed by atoms with van der Waals surface area (Å²) in [6, 6.07) is 7.95. The highest BCUT2D eigenvalue weighted by atomic mass is 79.9. The molecule has 0 aliphatic rings. The van der Waals surface area contributed by atoms with Crippen LogP contribution in [0.2, 0.25) is 0 Å². The zero-order valence-corrected chi connectivity index (χ0v) is 12.4.